The molecule has 2 N–H and O–H groups in total. The number of hydrogen-bond acceptors (Lipinski definition) is 6. The topological polar surface area (TPSA) is 97.0 Å². The molecule has 0 bridgehead atoms. The average molecular weight is 423 g/mol. The highest BCUT2D eigenvalue weighted by Gasteiger charge is 2.52. The van der Waals surface area contributed by atoms with Gasteiger partial charge in [-0.3, -0.25) is 9.59 Å². The highest BCUT2D eigenvalue weighted by atomic mass is 32.2. The number of amides is 2. The number of nitrogens with one attached hydrogen (secondary N) is 2. The van der Waals surface area contributed by atoms with Gasteiger partial charge in [-0.2, -0.15) is 11.8 Å². The zero-order valence-electron chi connectivity index (χ0n) is 17.2. The van der Waals surface area contributed by atoms with Crippen LogP contribution >= 0.6 is 11.8 Å². The van der Waals surface area contributed by atoms with E-state index in [-0.39, 0.29) is 18.6 Å². The van der Waals surface area contributed by atoms with Gasteiger partial charge >= 0.3 is 5.97 Å². The molecule has 1 fully saturated rings. The third-order valence-corrected chi connectivity index (χ3v) is 5.74. The first kappa shape index (κ1) is 23.2. The molecular formula is C21H30N2O5S. The second-order valence-electron chi connectivity index (χ2n) is 6.81. The van der Waals surface area contributed by atoms with Gasteiger partial charge in [0.25, 0.3) is 5.91 Å². The Morgan fingerprint density at radius 2 is 1.76 bits per heavy atom. The molecule has 0 aliphatic carbocycles. The van der Waals surface area contributed by atoms with Crippen LogP contribution in [-0.2, 0) is 29.6 Å². The maximum Gasteiger partial charge on any atom is 0.338 e. The van der Waals surface area contributed by atoms with Gasteiger partial charge in [0, 0.05) is 17.5 Å². The predicted molar refractivity (Wildman–Crippen MR) is 112 cm³/mol. The summed E-state index contributed by atoms with van der Waals surface area (Å²) in [4.78, 5) is 36.9. The molecular weight excluding hydrogens is 392 g/mol. The van der Waals surface area contributed by atoms with E-state index in [1.807, 2.05) is 44.2 Å². The molecule has 0 spiro atoms. The van der Waals surface area contributed by atoms with Gasteiger partial charge in [-0.25, -0.2) is 4.79 Å². The van der Waals surface area contributed by atoms with Gasteiger partial charge < -0.3 is 20.1 Å². The minimum atomic E-state index is -0.892. The Hall–Kier alpha value is -2.06. The fourth-order valence-corrected chi connectivity index (χ4v) is 3.83. The molecule has 2 amide bonds. The standard InChI is InChI=1S/C21H30N2O5S/c1-4-15(5-2)22-19(24)16(13-29-12-14-10-8-7-9-11-14)23-20(25)17-18(28-17)21(26)27-6-3/h7-11,15-18H,4-6,12-13H2,1-3H3,(H,22,24)(H,23,25)/t16-,17-,18-/m0/s1. The van der Waals surface area contributed by atoms with Gasteiger partial charge in [0.05, 0.1) is 6.61 Å². The smallest absolute Gasteiger partial charge is 0.338 e. The maximum atomic E-state index is 12.7. The average Bonchev–Trinajstić information content (AvgIpc) is 3.53. The van der Waals surface area contributed by atoms with Crippen molar-refractivity contribution >= 4 is 29.5 Å². The van der Waals surface area contributed by atoms with Crippen molar-refractivity contribution in [2.24, 2.45) is 0 Å². The molecule has 0 unspecified atom stereocenters. The van der Waals surface area contributed by atoms with Crippen LogP contribution in [0.3, 0.4) is 0 Å². The van der Waals surface area contributed by atoms with Crippen LogP contribution in [0.15, 0.2) is 30.3 Å². The Balaban J connectivity index is 1.93. The summed E-state index contributed by atoms with van der Waals surface area (Å²) in [7, 11) is 0. The van der Waals surface area contributed by atoms with Crippen molar-refractivity contribution in [1.82, 2.24) is 10.6 Å². The van der Waals surface area contributed by atoms with E-state index in [1.54, 1.807) is 18.7 Å². The lowest BCUT2D eigenvalue weighted by Crippen LogP contribution is -2.52. The van der Waals surface area contributed by atoms with Gasteiger partial charge in [-0.05, 0) is 25.3 Å². The molecule has 8 heteroatoms. The summed E-state index contributed by atoms with van der Waals surface area (Å²) in [6.45, 7) is 5.93. The number of rotatable bonds is 12. The number of hydrogen-bond donors (Lipinski definition) is 2. The van der Waals surface area contributed by atoms with Gasteiger partial charge in [0.15, 0.2) is 12.2 Å². The van der Waals surface area contributed by atoms with Crippen molar-refractivity contribution < 1.29 is 23.9 Å². The van der Waals surface area contributed by atoms with Crippen LogP contribution in [0.5, 0.6) is 0 Å². The number of benzene rings is 1. The van der Waals surface area contributed by atoms with E-state index in [4.69, 9.17) is 9.47 Å². The molecule has 0 radical (unpaired) electrons. The molecule has 0 aromatic heterocycles. The Labute approximate surface area is 176 Å². The van der Waals surface area contributed by atoms with Crippen LogP contribution in [0, 0.1) is 0 Å². The van der Waals surface area contributed by atoms with Gasteiger partial charge in [-0.15, -0.1) is 0 Å². The van der Waals surface area contributed by atoms with Crippen LogP contribution in [0.4, 0.5) is 0 Å². The monoisotopic (exact) mass is 422 g/mol. The molecule has 160 valence electrons. The van der Waals surface area contributed by atoms with Gasteiger partial charge in [-0.1, -0.05) is 44.2 Å². The summed E-state index contributed by atoms with van der Waals surface area (Å²) < 4.78 is 10.0. The summed E-state index contributed by atoms with van der Waals surface area (Å²) in [5, 5.41) is 5.73. The Kier molecular flexibility index (Phi) is 9.47. The molecule has 1 aromatic rings. The second kappa shape index (κ2) is 11.8. The number of carbonyl (C=O) groups excluding carboxylic acids is 3. The first-order valence-corrected chi connectivity index (χ1v) is 11.2. The molecule has 1 aliphatic rings. The number of carbonyl (C=O) groups is 3. The van der Waals surface area contributed by atoms with E-state index in [9.17, 15) is 14.4 Å². The highest BCUT2D eigenvalue weighted by molar-refractivity contribution is 7.98. The lowest BCUT2D eigenvalue weighted by molar-refractivity contribution is -0.144. The first-order valence-electron chi connectivity index (χ1n) is 10.0. The molecule has 29 heavy (non-hydrogen) atoms. The molecule has 1 heterocycles. The summed E-state index contributed by atoms with van der Waals surface area (Å²) in [5.74, 6) is -0.0848. The van der Waals surface area contributed by atoms with E-state index < -0.39 is 30.1 Å². The number of ether oxygens (including phenoxy) is 2. The van der Waals surface area contributed by atoms with Crippen molar-refractivity contribution in [2.45, 2.75) is 63.7 Å². The molecule has 1 aromatic carbocycles. The predicted octanol–water partition coefficient (Wildman–Crippen LogP) is 2.04. The summed E-state index contributed by atoms with van der Waals surface area (Å²) in [6, 6.07) is 9.29. The minimum Gasteiger partial charge on any atom is -0.464 e. The van der Waals surface area contributed by atoms with E-state index >= 15 is 0 Å². The van der Waals surface area contributed by atoms with Crippen molar-refractivity contribution in [1.29, 1.82) is 0 Å². The largest absolute Gasteiger partial charge is 0.464 e. The molecule has 0 saturated carbocycles. The van der Waals surface area contributed by atoms with Crippen molar-refractivity contribution in [2.75, 3.05) is 12.4 Å². The molecule has 3 atom stereocenters. The zero-order valence-corrected chi connectivity index (χ0v) is 18.0. The third-order valence-electron chi connectivity index (χ3n) is 4.63. The zero-order chi connectivity index (χ0) is 21.2. The van der Waals surface area contributed by atoms with Crippen LogP contribution in [0.2, 0.25) is 0 Å². The van der Waals surface area contributed by atoms with Crippen molar-refractivity contribution in [3.8, 4) is 0 Å². The molecule has 7 nitrogen and oxygen atoms in total. The molecule has 2 rings (SSSR count). The van der Waals surface area contributed by atoms with Gasteiger partial charge in [0.2, 0.25) is 5.91 Å². The Morgan fingerprint density at radius 1 is 1.07 bits per heavy atom. The summed E-state index contributed by atoms with van der Waals surface area (Å²) in [5.41, 5.74) is 1.15. The van der Waals surface area contributed by atoms with E-state index in [1.165, 1.54) is 0 Å². The fraction of sp³-hybridized carbons (Fsp3) is 0.571. The van der Waals surface area contributed by atoms with Gasteiger partial charge in [0.1, 0.15) is 6.04 Å². The molecule has 1 aliphatic heterocycles. The lowest BCUT2D eigenvalue weighted by atomic mass is 10.1. The van der Waals surface area contributed by atoms with Crippen LogP contribution in [0.25, 0.3) is 0 Å². The Morgan fingerprint density at radius 3 is 2.38 bits per heavy atom. The normalized spacial score (nSPS) is 18.8. The van der Waals surface area contributed by atoms with Crippen molar-refractivity contribution in [3.63, 3.8) is 0 Å². The second-order valence-corrected chi connectivity index (χ2v) is 7.84. The van der Waals surface area contributed by atoms with E-state index in [0.29, 0.717) is 5.75 Å². The fourth-order valence-electron chi connectivity index (χ4n) is 2.82. The summed E-state index contributed by atoms with van der Waals surface area (Å²) >= 11 is 1.57. The first-order chi connectivity index (χ1) is 14.0. The number of thioether (sulfide) groups is 1. The SMILES string of the molecule is CCOC(=O)[C@H]1O[C@@H]1C(=O)N[C@@H](CSCc1ccccc1)C(=O)NC(CC)CC. The van der Waals surface area contributed by atoms with E-state index in [0.717, 1.165) is 24.2 Å². The number of esters is 1. The van der Waals surface area contributed by atoms with Crippen LogP contribution in [-0.4, -0.2) is 54.4 Å². The quantitative estimate of drug-likeness (QED) is 0.395. The van der Waals surface area contributed by atoms with E-state index in [2.05, 4.69) is 10.6 Å². The third kappa shape index (κ3) is 7.36. The Bertz CT molecular complexity index is 681. The minimum absolute atomic E-state index is 0.0606. The van der Waals surface area contributed by atoms with Crippen LogP contribution in [0.1, 0.15) is 39.2 Å². The van der Waals surface area contributed by atoms with Crippen LogP contribution < -0.4 is 10.6 Å². The van der Waals surface area contributed by atoms with Crippen molar-refractivity contribution in [3.05, 3.63) is 35.9 Å². The number of epoxide rings is 1. The lowest BCUT2D eigenvalue weighted by Gasteiger charge is -2.21. The molecule has 1 saturated heterocycles. The highest BCUT2D eigenvalue weighted by Crippen LogP contribution is 2.24. The summed E-state index contributed by atoms with van der Waals surface area (Å²) in [6.07, 6.45) is -0.140. The maximum absolute atomic E-state index is 12.7.